The van der Waals surface area contributed by atoms with Gasteiger partial charge in [0, 0.05) is 23.7 Å². The smallest absolute Gasteiger partial charge is 0.127 e. The highest BCUT2D eigenvalue weighted by molar-refractivity contribution is 5.22. The van der Waals surface area contributed by atoms with E-state index >= 15 is 0 Å². The molecule has 0 radical (unpaired) electrons. The molecule has 1 aromatic heterocycles. The molecule has 0 spiro atoms. The maximum Gasteiger partial charge on any atom is 0.127 e. The molecule has 0 saturated heterocycles. The number of nitrogens with zero attached hydrogens (tertiary/aromatic N) is 1. The van der Waals surface area contributed by atoms with Gasteiger partial charge in [-0.1, -0.05) is 18.2 Å². The van der Waals surface area contributed by atoms with E-state index in [-0.39, 0.29) is 11.9 Å². The van der Waals surface area contributed by atoms with Crippen molar-refractivity contribution in [1.82, 2.24) is 10.2 Å². The van der Waals surface area contributed by atoms with Gasteiger partial charge in [-0.25, -0.2) is 4.39 Å². The molecule has 0 aliphatic carbocycles. The van der Waals surface area contributed by atoms with Crippen LogP contribution in [0.1, 0.15) is 29.9 Å². The van der Waals surface area contributed by atoms with Crippen molar-refractivity contribution in [2.24, 2.45) is 0 Å². The molecule has 2 rings (SSSR count). The third-order valence-corrected chi connectivity index (χ3v) is 3.61. The van der Waals surface area contributed by atoms with Gasteiger partial charge in [-0.2, -0.15) is 0 Å². The Labute approximate surface area is 119 Å². The van der Waals surface area contributed by atoms with E-state index in [4.69, 9.17) is 4.42 Å². The highest BCUT2D eigenvalue weighted by Gasteiger charge is 2.17. The maximum atomic E-state index is 13.8. The van der Waals surface area contributed by atoms with Crippen LogP contribution >= 0.6 is 0 Å². The zero-order valence-corrected chi connectivity index (χ0v) is 12.2. The van der Waals surface area contributed by atoms with Gasteiger partial charge >= 0.3 is 0 Å². The fourth-order valence-corrected chi connectivity index (χ4v) is 2.28. The summed E-state index contributed by atoms with van der Waals surface area (Å²) in [5.74, 6) is 0.773. The summed E-state index contributed by atoms with van der Waals surface area (Å²) in [5, 5.41) is 3.08. The third kappa shape index (κ3) is 3.26. The summed E-state index contributed by atoms with van der Waals surface area (Å²) >= 11 is 0. The first kappa shape index (κ1) is 14.8. The normalized spacial score (nSPS) is 12.8. The monoisotopic (exact) mass is 276 g/mol. The summed E-state index contributed by atoms with van der Waals surface area (Å²) < 4.78 is 19.3. The molecule has 0 aliphatic heterocycles. The van der Waals surface area contributed by atoms with Gasteiger partial charge in [0.1, 0.15) is 11.6 Å². The van der Waals surface area contributed by atoms with Gasteiger partial charge in [-0.05, 0) is 33.2 Å². The number of hydrogen-bond donors (Lipinski definition) is 1. The first-order valence-electron chi connectivity index (χ1n) is 6.78. The largest absolute Gasteiger partial charge is 0.468 e. The van der Waals surface area contributed by atoms with E-state index in [1.165, 1.54) is 6.07 Å². The van der Waals surface area contributed by atoms with E-state index in [9.17, 15) is 4.39 Å². The SMILES string of the molecule is CNCc1occc1CN(C)C(C)c1ccccc1F. The standard InChI is InChI=1S/C16H21FN2O/c1-12(14-6-4-5-7-15(14)17)19(3)11-13-8-9-20-16(13)10-18-2/h4-9,12,18H,10-11H2,1-3H3. The van der Waals surface area contributed by atoms with Gasteiger partial charge < -0.3 is 9.73 Å². The second-order valence-electron chi connectivity index (χ2n) is 5.01. The summed E-state index contributed by atoms with van der Waals surface area (Å²) in [5.41, 5.74) is 1.85. The summed E-state index contributed by atoms with van der Waals surface area (Å²) in [4.78, 5) is 2.11. The molecular formula is C16H21FN2O. The van der Waals surface area contributed by atoms with Crippen molar-refractivity contribution in [1.29, 1.82) is 0 Å². The average molecular weight is 276 g/mol. The van der Waals surface area contributed by atoms with Crippen molar-refractivity contribution < 1.29 is 8.81 Å². The van der Waals surface area contributed by atoms with Gasteiger partial charge in [0.25, 0.3) is 0 Å². The number of halogens is 1. The van der Waals surface area contributed by atoms with Crippen LogP contribution in [0.4, 0.5) is 4.39 Å². The number of furan rings is 1. The molecule has 108 valence electrons. The molecule has 20 heavy (non-hydrogen) atoms. The minimum Gasteiger partial charge on any atom is -0.468 e. The predicted octanol–water partition coefficient (Wildman–Crippen LogP) is 3.33. The lowest BCUT2D eigenvalue weighted by molar-refractivity contribution is 0.246. The summed E-state index contributed by atoms with van der Waals surface area (Å²) in [6.45, 7) is 3.43. The van der Waals surface area contributed by atoms with Crippen LogP contribution in [0, 0.1) is 5.82 Å². The average Bonchev–Trinajstić information content (AvgIpc) is 2.86. The van der Waals surface area contributed by atoms with Crippen molar-refractivity contribution in [3.63, 3.8) is 0 Å². The first-order valence-corrected chi connectivity index (χ1v) is 6.78. The lowest BCUT2D eigenvalue weighted by Crippen LogP contribution is -2.23. The molecule has 0 fully saturated rings. The number of nitrogens with one attached hydrogen (secondary N) is 1. The third-order valence-electron chi connectivity index (χ3n) is 3.61. The van der Waals surface area contributed by atoms with Crippen LogP contribution in [0.2, 0.25) is 0 Å². The van der Waals surface area contributed by atoms with Crippen LogP contribution in [0.25, 0.3) is 0 Å². The maximum absolute atomic E-state index is 13.8. The Morgan fingerprint density at radius 1 is 1.30 bits per heavy atom. The molecule has 0 amide bonds. The van der Waals surface area contributed by atoms with Crippen LogP contribution in [-0.2, 0) is 13.1 Å². The Morgan fingerprint density at radius 3 is 2.75 bits per heavy atom. The summed E-state index contributed by atoms with van der Waals surface area (Å²) in [6.07, 6.45) is 1.70. The Kier molecular flexibility index (Phi) is 4.93. The molecule has 1 heterocycles. The van der Waals surface area contributed by atoms with Crippen molar-refractivity contribution in [3.05, 3.63) is 59.3 Å². The Balaban J connectivity index is 2.09. The molecule has 1 unspecified atom stereocenters. The van der Waals surface area contributed by atoms with E-state index in [0.29, 0.717) is 12.1 Å². The van der Waals surface area contributed by atoms with Gasteiger partial charge in [-0.15, -0.1) is 0 Å². The molecular weight excluding hydrogens is 255 g/mol. The van der Waals surface area contributed by atoms with E-state index in [1.54, 1.807) is 12.3 Å². The molecule has 4 heteroatoms. The van der Waals surface area contributed by atoms with E-state index < -0.39 is 0 Å². The van der Waals surface area contributed by atoms with Crippen LogP contribution in [0.5, 0.6) is 0 Å². The fourth-order valence-electron chi connectivity index (χ4n) is 2.28. The van der Waals surface area contributed by atoms with Crippen molar-refractivity contribution in [2.45, 2.75) is 26.1 Å². The van der Waals surface area contributed by atoms with Crippen molar-refractivity contribution in [2.75, 3.05) is 14.1 Å². The van der Waals surface area contributed by atoms with E-state index in [2.05, 4.69) is 10.2 Å². The Hall–Kier alpha value is -1.65. The van der Waals surface area contributed by atoms with Crippen molar-refractivity contribution in [3.8, 4) is 0 Å². The zero-order chi connectivity index (χ0) is 14.5. The van der Waals surface area contributed by atoms with Gasteiger partial charge in [0.2, 0.25) is 0 Å². The lowest BCUT2D eigenvalue weighted by atomic mass is 10.1. The summed E-state index contributed by atoms with van der Waals surface area (Å²) in [6, 6.07) is 8.90. The second kappa shape index (κ2) is 6.68. The van der Waals surface area contributed by atoms with Gasteiger partial charge in [0.15, 0.2) is 0 Å². The molecule has 1 aromatic carbocycles. The van der Waals surface area contributed by atoms with Crippen LogP contribution in [-0.4, -0.2) is 19.0 Å². The topological polar surface area (TPSA) is 28.4 Å². The number of benzene rings is 1. The Bertz CT molecular complexity index is 553. The molecule has 2 aromatic rings. The number of hydrogen-bond acceptors (Lipinski definition) is 3. The minimum absolute atomic E-state index is 0.00790. The lowest BCUT2D eigenvalue weighted by Gasteiger charge is -2.25. The van der Waals surface area contributed by atoms with Gasteiger partial charge in [-0.3, -0.25) is 4.90 Å². The first-order chi connectivity index (χ1) is 9.63. The molecule has 1 N–H and O–H groups in total. The van der Waals surface area contributed by atoms with Crippen LogP contribution in [0.3, 0.4) is 0 Å². The minimum atomic E-state index is -0.158. The highest BCUT2D eigenvalue weighted by atomic mass is 19.1. The quantitative estimate of drug-likeness (QED) is 0.877. The highest BCUT2D eigenvalue weighted by Crippen LogP contribution is 2.24. The Morgan fingerprint density at radius 2 is 2.05 bits per heavy atom. The molecule has 3 nitrogen and oxygen atoms in total. The molecule has 0 saturated carbocycles. The van der Waals surface area contributed by atoms with Gasteiger partial charge in [0.05, 0.1) is 12.8 Å². The fraction of sp³-hybridized carbons (Fsp3) is 0.375. The van der Waals surface area contributed by atoms with E-state index in [0.717, 1.165) is 17.9 Å². The predicted molar refractivity (Wildman–Crippen MR) is 77.8 cm³/mol. The molecule has 0 aliphatic rings. The van der Waals surface area contributed by atoms with E-state index in [1.807, 2.05) is 39.2 Å². The molecule has 1 atom stereocenters. The van der Waals surface area contributed by atoms with Crippen molar-refractivity contribution >= 4 is 0 Å². The second-order valence-corrected chi connectivity index (χ2v) is 5.01. The number of rotatable bonds is 6. The molecule has 0 bridgehead atoms. The summed E-state index contributed by atoms with van der Waals surface area (Å²) in [7, 11) is 3.88. The van der Waals surface area contributed by atoms with Crippen LogP contribution in [0.15, 0.2) is 41.0 Å². The zero-order valence-electron chi connectivity index (χ0n) is 12.2. The van der Waals surface area contributed by atoms with Crippen LogP contribution < -0.4 is 5.32 Å².